The Kier molecular flexibility index (Phi) is 4.08. The van der Waals surface area contributed by atoms with Crippen LogP contribution >= 0.6 is 0 Å². The van der Waals surface area contributed by atoms with E-state index < -0.39 is 0 Å². The molecule has 0 aliphatic carbocycles. The van der Waals surface area contributed by atoms with E-state index in [1.165, 1.54) is 16.7 Å². The number of benzene rings is 2. The summed E-state index contributed by atoms with van der Waals surface area (Å²) in [5, 5.41) is 7.71. The summed E-state index contributed by atoms with van der Waals surface area (Å²) in [5.74, 6) is 0.108. The first-order valence-electron chi connectivity index (χ1n) is 6.69. The maximum atomic E-state index is 7.71. The number of aryl methyl sites for hydroxylation is 2. The molecule has 0 saturated carbocycles. The standard InChI is InChI=1S/C17H21N3/c1-12-8-9-15(17(18)19)16(10-12)20(3)11-14-7-5-4-6-13(14)2/h4-10H,11H2,1-3H3,(H3,18,19). The van der Waals surface area contributed by atoms with Crippen molar-refractivity contribution in [2.75, 3.05) is 11.9 Å². The van der Waals surface area contributed by atoms with Crippen molar-refractivity contribution in [3.63, 3.8) is 0 Å². The molecule has 0 fully saturated rings. The molecule has 0 amide bonds. The molecule has 0 unspecified atom stereocenters. The summed E-state index contributed by atoms with van der Waals surface area (Å²) < 4.78 is 0. The topological polar surface area (TPSA) is 53.1 Å². The van der Waals surface area contributed by atoms with E-state index in [0.717, 1.165) is 17.8 Å². The van der Waals surface area contributed by atoms with Crippen molar-refractivity contribution in [2.45, 2.75) is 20.4 Å². The molecule has 0 saturated heterocycles. The molecule has 104 valence electrons. The Hall–Kier alpha value is -2.29. The molecule has 0 spiro atoms. The summed E-state index contributed by atoms with van der Waals surface area (Å²) in [6.07, 6.45) is 0. The van der Waals surface area contributed by atoms with E-state index in [1.54, 1.807) is 0 Å². The second-order valence-electron chi connectivity index (χ2n) is 5.22. The smallest absolute Gasteiger partial charge is 0.124 e. The summed E-state index contributed by atoms with van der Waals surface area (Å²) in [5.41, 5.74) is 11.2. The fraction of sp³-hybridized carbons (Fsp3) is 0.235. The van der Waals surface area contributed by atoms with E-state index in [9.17, 15) is 0 Å². The van der Waals surface area contributed by atoms with E-state index >= 15 is 0 Å². The van der Waals surface area contributed by atoms with E-state index in [1.807, 2.05) is 25.2 Å². The van der Waals surface area contributed by atoms with Gasteiger partial charge in [-0.1, -0.05) is 30.3 Å². The average molecular weight is 267 g/mol. The zero-order valence-electron chi connectivity index (χ0n) is 12.3. The number of hydrogen-bond donors (Lipinski definition) is 2. The van der Waals surface area contributed by atoms with Crippen LogP contribution in [0.4, 0.5) is 5.69 Å². The van der Waals surface area contributed by atoms with Gasteiger partial charge in [0, 0.05) is 24.8 Å². The number of nitrogen functional groups attached to an aromatic ring is 1. The molecule has 0 atom stereocenters. The molecular formula is C17H21N3. The Balaban J connectivity index is 2.34. The molecule has 3 N–H and O–H groups in total. The lowest BCUT2D eigenvalue weighted by molar-refractivity contribution is 0.911. The van der Waals surface area contributed by atoms with E-state index in [-0.39, 0.29) is 5.84 Å². The zero-order chi connectivity index (χ0) is 14.7. The first kappa shape index (κ1) is 14.1. The highest BCUT2D eigenvalue weighted by molar-refractivity contribution is 6.00. The van der Waals surface area contributed by atoms with Crippen molar-refractivity contribution < 1.29 is 0 Å². The lowest BCUT2D eigenvalue weighted by Gasteiger charge is -2.23. The Morgan fingerprint density at radius 2 is 1.85 bits per heavy atom. The molecule has 0 heterocycles. The van der Waals surface area contributed by atoms with Gasteiger partial charge < -0.3 is 10.6 Å². The quantitative estimate of drug-likeness (QED) is 0.660. The highest BCUT2D eigenvalue weighted by Crippen LogP contribution is 2.23. The molecular weight excluding hydrogens is 246 g/mol. The second kappa shape index (κ2) is 5.78. The Morgan fingerprint density at radius 3 is 2.50 bits per heavy atom. The van der Waals surface area contributed by atoms with E-state index in [0.29, 0.717) is 0 Å². The molecule has 3 heteroatoms. The minimum atomic E-state index is 0.108. The summed E-state index contributed by atoms with van der Waals surface area (Å²) in [4.78, 5) is 2.14. The summed E-state index contributed by atoms with van der Waals surface area (Å²) >= 11 is 0. The molecule has 20 heavy (non-hydrogen) atoms. The van der Waals surface area contributed by atoms with Gasteiger partial charge in [0.25, 0.3) is 0 Å². The minimum Gasteiger partial charge on any atom is -0.384 e. The predicted octanol–water partition coefficient (Wildman–Crippen LogP) is 3.22. The first-order valence-corrected chi connectivity index (χ1v) is 6.69. The number of nitrogens with two attached hydrogens (primary N) is 1. The number of hydrogen-bond acceptors (Lipinski definition) is 2. The molecule has 0 aliphatic heterocycles. The van der Waals surface area contributed by atoms with Crippen molar-refractivity contribution >= 4 is 11.5 Å². The van der Waals surface area contributed by atoms with Gasteiger partial charge in [-0.25, -0.2) is 0 Å². The monoisotopic (exact) mass is 267 g/mol. The van der Waals surface area contributed by atoms with Gasteiger partial charge >= 0.3 is 0 Å². The average Bonchev–Trinajstić information content (AvgIpc) is 2.40. The number of amidine groups is 1. The van der Waals surface area contributed by atoms with Crippen LogP contribution in [-0.4, -0.2) is 12.9 Å². The van der Waals surface area contributed by atoms with Gasteiger partial charge in [-0.15, -0.1) is 0 Å². The number of anilines is 1. The summed E-state index contributed by atoms with van der Waals surface area (Å²) in [6, 6.07) is 14.3. The zero-order valence-corrected chi connectivity index (χ0v) is 12.3. The summed E-state index contributed by atoms with van der Waals surface area (Å²) in [6.45, 7) is 4.97. The molecule has 3 nitrogen and oxygen atoms in total. The number of nitrogens with zero attached hydrogens (tertiary/aromatic N) is 1. The van der Waals surface area contributed by atoms with Crippen molar-refractivity contribution in [1.82, 2.24) is 0 Å². The third kappa shape index (κ3) is 2.99. The van der Waals surface area contributed by atoms with E-state index in [2.05, 4.69) is 43.0 Å². The number of nitrogens with one attached hydrogen (secondary N) is 1. The van der Waals surface area contributed by atoms with Gasteiger partial charge in [0.15, 0.2) is 0 Å². The maximum Gasteiger partial charge on any atom is 0.124 e. The van der Waals surface area contributed by atoms with Gasteiger partial charge in [0.2, 0.25) is 0 Å². The normalized spacial score (nSPS) is 10.3. The van der Waals surface area contributed by atoms with Gasteiger partial charge in [-0.2, -0.15) is 0 Å². The number of rotatable bonds is 4. The molecule has 0 aromatic heterocycles. The lowest BCUT2D eigenvalue weighted by atomic mass is 10.1. The Labute approximate surface area is 120 Å². The third-order valence-electron chi connectivity index (χ3n) is 3.52. The van der Waals surface area contributed by atoms with Crippen LogP contribution in [0, 0.1) is 19.3 Å². The van der Waals surface area contributed by atoms with Gasteiger partial charge in [0.1, 0.15) is 5.84 Å². The largest absolute Gasteiger partial charge is 0.384 e. The molecule has 0 bridgehead atoms. The van der Waals surface area contributed by atoms with Crippen LogP contribution in [0.15, 0.2) is 42.5 Å². The highest BCUT2D eigenvalue weighted by Gasteiger charge is 2.11. The van der Waals surface area contributed by atoms with E-state index in [4.69, 9.17) is 11.1 Å². The van der Waals surface area contributed by atoms with Crippen LogP contribution in [0.3, 0.4) is 0 Å². The predicted molar refractivity (Wildman–Crippen MR) is 85.5 cm³/mol. The summed E-state index contributed by atoms with van der Waals surface area (Å²) in [7, 11) is 2.04. The van der Waals surface area contributed by atoms with Gasteiger partial charge in [0.05, 0.1) is 0 Å². The maximum absolute atomic E-state index is 7.71. The molecule has 2 aromatic rings. The van der Waals surface area contributed by atoms with Crippen molar-refractivity contribution in [3.05, 3.63) is 64.7 Å². The van der Waals surface area contributed by atoms with Crippen LogP contribution in [0.5, 0.6) is 0 Å². The van der Waals surface area contributed by atoms with Crippen LogP contribution in [0.1, 0.15) is 22.3 Å². The van der Waals surface area contributed by atoms with Crippen LogP contribution in [0.25, 0.3) is 0 Å². The van der Waals surface area contributed by atoms with Gasteiger partial charge in [-0.3, -0.25) is 5.41 Å². The molecule has 0 radical (unpaired) electrons. The Bertz CT molecular complexity index is 632. The van der Waals surface area contributed by atoms with Crippen LogP contribution in [-0.2, 0) is 6.54 Å². The Morgan fingerprint density at radius 1 is 1.15 bits per heavy atom. The highest BCUT2D eigenvalue weighted by atomic mass is 15.1. The molecule has 2 rings (SSSR count). The first-order chi connectivity index (χ1) is 9.49. The fourth-order valence-corrected chi connectivity index (χ4v) is 2.31. The van der Waals surface area contributed by atoms with Crippen molar-refractivity contribution in [2.24, 2.45) is 5.73 Å². The molecule has 2 aromatic carbocycles. The van der Waals surface area contributed by atoms with Gasteiger partial charge in [-0.05, 0) is 42.7 Å². The minimum absolute atomic E-state index is 0.108. The fourth-order valence-electron chi connectivity index (χ4n) is 2.31. The van der Waals surface area contributed by atoms with Crippen molar-refractivity contribution in [3.8, 4) is 0 Å². The molecule has 0 aliphatic rings. The lowest BCUT2D eigenvalue weighted by Crippen LogP contribution is -2.22. The second-order valence-corrected chi connectivity index (χ2v) is 5.22. The van der Waals surface area contributed by atoms with Crippen LogP contribution in [0.2, 0.25) is 0 Å². The van der Waals surface area contributed by atoms with Crippen molar-refractivity contribution in [1.29, 1.82) is 5.41 Å². The SMILES string of the molecule is Cc1ccc(C(=N)N)c(N(C)Cc2ccccc2C)c1. The van der Waals surface area contributed by atoms with Crippen LogP contribution < -0.4 is 10.6 Å². The third-order valence-corrected chi connectivity index (χ3v) is 3.52.